The highest BCUT2D eigenvalue weighted by Crippen LogP contribution is 2.23. The topological polar surface area (TPSA) is 105 Å². The lowest BCUT2D eigenvalue weighted by Gasteiger charge is -2.28. The van der Waals surface area contributed by atoms with Crippen LogP contribution in [-0.2, 0) is 27.8 Å². The SMILES string of the molecule is COc1ccc(N(Cc2ccccc2)C(=O)[C@H](Cc2ccccc2)NC(=O)NS(=O)(=O)c2ccccc2C)cc1. The summed E-state index contributed by atoms with van der Waals surface area (Å²) in [5.74, 6) is 0.233. The van der Waals surface area contributed by atoms with Gasteiger partial charge in [-0.25, -0.2) is 17.9 Å². The van der Waals surface area contributed by atoms with Crippen molar-refractivity contribution in [3.63, 3.8) is 0 Å². The first-order valence-corrected chi connectivity index (χ1v) is 14.2. The van der Waals surface area contributed by atoms with E-state index in [1.54, 1.807) is 61.4 Å². The van der Waals surface area contributed by atoms with Gasteiger partial charge in [0.05, 0.1) is 18.6 Å². The standard InChI is InChI=1S/C31H31N3O5S/c1-23-11-9-10-16-29(23)40(37,38)33-31(36)32-28(21-24-12-5-3-6-13-24)30(35)34(22-25-14-7-4-8-15-25)26-17-19-27(39-2)20-18-26/h3-20,28H,21-22H2,1-2H3,(H2,32,33,36)/t28-/m0/s1. The van der Waals surface area contributed by atoms with E-state index in [-0.39, 0.29) is 17.9 Å². The number of ether oxygens (including phenoxy) is 1. The zero-order chi connectivity index (χ0) is 28.5. The van der Waals surface area contributed by atoms with E-state index >= 15 is 0 Å². The Morgan fingerprint density at radius 3 is 1.98 bits per heavy atom. The predicted molar refractivity (Wildman–Crippen MR) is 155 cm³/mol. The molecule has 2 N–H and O–H groups in total. The van der Waals surface area contributed by atoms with Crippen LogP contribution in [0.5, 0.6) is 5.75 Å². The molecule has 9 heteroatoms. The summed E-state index contributed by atoms with van der Waals surface area (Å²) in [7, 11) is -2.60. The summed E-state index contributed by atoms with van der Waals surface area (Å²) in [6.07, 6.45) is 0.152. The van der Waals surface area contributed by atoms with Crippen LogP contribution in [0.2, 0.25) is 0 Å². The van der Waals surface area contributed by atoms with Crippen molar-refractivity contribution in [1.29, 1.82) is 0 Å². The molecule has 1 atom stereocenters. The van der Waals surface area contributed by atoms with Crippen LogP contribution in [0.1, 0.15) is 16.7 Å². The van der Waals surface area contributed by atoms with Gasteiger partial charge in [-0.05, 0) is 53.9 Å². The van der Waals surface area contributed by atoms with E-state index < -0.39 is 28.0 Å². The number of benzene rings is 4. The smallest absolute Gasteiger partial charge is 0.329 e. The first kappa shape index (κ1) is 28.4. The second-order valence-electron chi connectivity index (χ2n) is 9.19. The molecule has 0 bridgehead atoms. The number of carbonyl (C=O) groups excluding carboxylic acids is 2. The van der Waals surface area contributed by atoms with E-state index in [2.05, 4.69) is 10.0 Å². The molecular weight excluding hydrogens is 526 g/mol. The Morgan fingerprint density at radius 1 is 0.800 bits per heavy atom. The lowest BCUT2D eigenvalue weighted by atomic mass is 10.0. The summed E-state index contributed by atoms with van der Waals surface area (Å²) >= 11 is 0. The fourth-order valence-electron chi connectivity index (χ4n) is 4.29. The molecule has 8 nitrogen and oxygen atoms in total. The van der Waals surface area contributed by atoms with Crippen LogP contribution in [0.15, 0.2) is 114 Å². The number of hydrogen-bond donors (Lipinski definition) is 2. The van der Waals surface area contributed by atoms with Gasteiger partial charge >= 0.3 is 6.03 Å². The van der Waals surface area contributed by atoms with Crippen LogP contribution < -0.4 is 19.7 Å². The quantitative estimate of drug-likeness (QED) is 0.291. The van der Waals surface area contributed by atoms with Gasteiger partial charge in [-0.3, -0.25) is 4.79 Å². The average molecular weight is 558 g/mol. The van der Waals surface area contributed by atoms with Crippen LogP contribution in [0.25, 0.3) is 0 Å². The van der Waals surface area contributed by atoms with Gasteiger partial charge in [0.2, 0.25) is 5.91 Å². The number of methoxy groups -OCH3 is 1. The average Bonchev–Trinajstić information content (AvgIpc) is 2.96. The summed E-state index contributed by atoms with van der Waals surface area (Å²) < 4.78 is 33.2. The summed E-state index contributed by atoms with van der Waals surface area (Å²) in [4.78, 5) is 28.7. The summed E-state index contributed by atoms with van der Waals surface area (Å²) in [5.41, 5.74) is 2.78. The molecule has 0 unspecified atom stereocenters. The van der Waals surface area contributed by atoms with Crippen molar-refractivity contribution in [2.24, 2.45) is 0 Å². The van der Waals surface area contributed by atoms with Gasteiger partial charge in [0.15, 0.2) is 0 Å². The first-order chi connectivity index (χ1) is 19.3. The Labute approximate surface area is 234 Å². The fraction of sp³-hybridized carbons (Fsp3) is 0.161. The van der Waals surface area contributed by atoms with Crippen molar-refractivity contribution in [3.05, 3.63) is 126 Å². The monoisotopic (exact) mass is 557 g/mol. The summed E-state index contributed by atoms with van der Waals surface area (Å²) in [5, 5.41) is 2.62. The van der Waals surface area contributed by atoms with E-state index in [0.29, 0.717) is 17.0 Å². The molecular formula is C31H31N3O5S. The third kappa shape index (κ3) is 7.27. The molecule has 0 radical (unpaired) electrons. The maximum absolute atomic E-state index is 14.1. The highest BCUT2D eigenvalue weighted by Gasteiger charge is 2.29. The minimum Gasteiger partial charge on any atom is -0.497 e. The van der Waals surface area contributed by atoms with Crippen LogP contribution in [-0.4, -0.2) is 33.5 Å². The van der Waals surface area contributed by atoms with E-state index in [1.807, 2.05) is 60.7 Å². The molecule has 0 saturated carbocycles. The normalized spacial score (nSPS) is 11.8. The molecule has 0 aromatic heterocycles. The van der Waals surface area contributed by atoms with Crippen molar-refractivity contribution in [2.75, 3.05) is 12.0 Å². The zero-order valence-corrected chi connectivity index (χ0v) is 23.1. The zero-order valence-electron chi connectivity index (χ0n) is 22.3. The number of hydrogen-bond acceptors (Lipinski definition) is 5. The summed E-state index contributed by atoms with van der Waals surface area (Å²) in [6, 6.07) is 30.0. The van der Waals surface area contributed by atoms with Crippen molar-refractivity contribution >= 4 is 27.6 Å². The van der Waals surface area contributed by atoms with Crippen molar-refractivity contribution in [2.45, 2.75) is 30.8 Å². The minimum atomic E-state index is -4.16. The van der Waals surface area contributed by atoms with Gasteiger partial charge in [0.25, 0.3) is 10.0 Å². The summed E-state index contributed by atoms with van der Waals surface area (Å²) in [6.45, 7) is 1.88. The van der Waals surface area contributed by atoms with Gasteiger partial charge in [0, 0.05) is 12.1 Å². The first-order valence-electron chi connectivity index (χ1n) is 12.7. The minimum absolute atomic E-state index is 0.0139. The molecule has 0 heterocycles. The maximum Gasteiger partial charge on any atom is 0.329 e. The molecule has 0 spiro atoms. The Bertz CT molecular complexity index is 1540. The van der Waals surface area contributed by atoms with Crippen molar-refractivity contribution < 1.29 is 22.7 Å². The van der Waals surface area contributed by atoms with Crippen molar-refractivity contribution in [1.82, 2.24) is 10.0 Å². The number of nitrogens with zero attached hydrogens (tertiary/aromatic N) is 1. The molecule has 40 heavy (non-hydrogen) atoms. The molecule has 206 valence electrons. The van der Waals surface area contributed by atoms with Crippen LogP contribution in [0, 0.1) is 6.92 Å². The van der Waals surface area contributed by atoms with E-state index in [4.69, 9.17) is 4.74 Å². The number of urea groups is 1. The number of aryl methyl sites for hydroxylation is 1. The molecule has 4 aromatic rings. The number of nitrogens with one attached hydrogen (secondary N) is 2. The third-order valence-corrected chi connectivity index (χ3v) is 7.82. The molecule has 0 saturated heterocycles. The van der Waals surface area contributed by atoms with Gasteiger partial charge < -0.3 is 15.0 Å². The lowest BCUT2D eigenvalue weighted by Crippen LogP contribution is -2.53. The maximum atomic E-state index is 14.1. The number of anilines is 1. The van der Waals surface area contributed by atoms with E-state index in [0.717, 1.165) is 11.1 Å². The number of sulfonamides is 1. The second kappa shape index (κ2) is 12.9. The van der Waals surface area contributed by atoms with Crippen LogP contribution in [0.3, 0.4) is 0 Å². The Balaban J connectivity index is 1.65. The number of amides is 3. The number of carbonyl (C=O) groups is 2. The van der Waals surface area contributed by atoms with Gasteiger partial charge in [-0.1, -0.05) is 78.9 Å². The Kier molecular flexibility index (Phi) is 9.19. The highest BCUT2D eigenvalue weighted by atomic mass is 32.2. The van der Waals surface area contributed by atoms with Crippen molar-refractivity contribution in [3.8, 4) is 5.75 Å². The molecule has 0 aliphatic heterocycles. The largest absolute Gasteiger partial charge is 0.497 e. The molecule has 0 fully saturated rings. The Hall–Kier alpha value is -4.63. The van der Waals surface area contributed by atoms with E-state index in [9.17, 15) is 18.0 Å². The number of rotatable bonds is 10. The van der Waals surface area contributed by atoms with E-state index in [1.165, 1.54) is 6.07 Å². The van der Waals surface area contributed by atoms with Crippen LogP contribution >= 0.6 is 0 Å². The second-order valence-corrected chi connectivity index (χ2v) is 10.8. The molecule has 0 aliphatic carbocycles. The molecule has 3 amide bonds. The van der Waals surface area contributed by atoms with Gasteiger partial charge in [-0.2, -0.15) is 0 Å². The Morgan fingerprint density at radius 2 is 1.38 bits per heavy atom. The highest BCUT2D eigenvalue weighted by molar-refractivity contribution is 7.90. The molecule has 4 aromatic carbocycles. The predicted octanol–water partition coefficient (Wildman–Crippen LogP) is 4.84. The van der Waals surface area contributed by atoms with Gasteiger partial charge in [0.1, 0.15) is 11.8 Å². The van der Waals surface area contributed by atoms with Gasteiger partial charge in [-0.15, -0.1) is 0 Å². The third-order valence-electron chi connectivity index (χ3n) is 6.33. The lowest BCUT2D eigenvalue weighted by molar-refractivity contribution is -0.120. The molecule has 4 rings (SSSR count). The van der Waals surface area contributed by atoms with Crippen LogP contribution in [0.4, 0.5) is 10.5 Å². The molecule has 0 aliphatic rings. The fourth-order valence-corrected chi connectivity index (χ4v) is 5.45.